The molecule has 5 heteroatoms. The molecule has 0 heterocycles. The van der Waals surface area contributed by atoms with Gasteiger partial charge >= 0.3 is 0 Å². The molecule has 0 aromatic carbocycles. The fraction of sp³-hybridized carbons (Fsp3) is 0.976. The standard InChI is InChI=1S/C42H77N3O2/c1-31(2)13-11-14-34(38(47)45-29-8-7-25-43-27-12-28-44-26-9-10-30-46)33-17-19-40(5)36(33)15-16-37-39(4)21-22-42(23-24-42)32(3)35(39)18-20-41(37,40)6/h31-37,43-44,46H,7-30H2,1-6H3,(H,45,47). The summed E-state index contributed by atoms with van der Waals surface area (Å²) in [6.45, 7) is 20.7. The van der Waals surface area contributed by atoms with E-state index in [0.717, 1.165) is 94.4 Å². The van der Waals surface area contributed by atoms with Crippen LogP contribution in [0.3, 0.4) is 0 Å². The highest BCUT2D eigenvalue weighted by Crippen LogP contribution is 2.77. The lowest BCUT2D eigenvalue weighted by molar-refractivity contribution is -0.199. The van der Waals surface area contributed by atoms with Crippen molar-refractivity contribution in [3.8, 4) is 0 Å². The molecule has 272 valence electrons. The summed E-state index contributed by atoms with van der Waals surface area (Å²) in [7, 11) is 0. The monoisotopic (exact) mass is 656 g/mol. The van der Waals surface area contributed by atoms with E-state index in [4.69, 9.17) is 5.11 Å². The van der Waals surface area contributed by atoms with Crippen LogP contribution < -0.4 is 16.0 Å². The number of fused-ring (bicyclic) bond motifs is 5. The van der Waals surface area contributed by atoms with Gasteiger partial charge in [-0.3, -0.25) is 4.79 Å². The molecule has 5 rings (SSSR count). The van der Waals surface area contributed by atoms with Gasteiger partial charge in [-0.05, 0) is 186 Å². The summed E-state index contributed by atoms with van der Waals surface area (Å²) in [5, 5.41) is 19.4. The minimum atomic E-state index is 0.195. The second-order valence-corrected chi connectivity index (χ2v) is 18.8. The maximum atomic E-state index is 14.0. The summed E-state index contributed by atoms with van der Waals surface area (Å²) in [6, 6.07) is 0. The van der Waals surface area contributed by atoms with Gasteiger partial charge < -0.3 is 21.1 Å². The largest absolute Gasteiger partial charge is 0.396 e. The van der Waals surface area contributed by atoms with Crippen molar-refractivity contribution in [1.29, 1.82) is 0 Å². The van der Waals surface area contributed by atoms with Crippen LogP contribution in [-0.4, -0.2) is 50.3 Å². The zero-order valence-corrected chi connectivity index (χ0v) is 31.9. The Morgan fingerprint density at radius 2 is 1.34 bits per heavy atom. The Balaban J connectivity index is 1.13. The van der Waals surface area contributed by atoms with E-state index >= 15 is 0 Å². The first-order valence-electron chi connectivity index (χ1n) is 20.8. The van der Waals surface area contributed by atoms with Gasteiger partial charge in [-0.1, -0.05) is 54.4 Å². The van der Waals surface area contributed by atoms with E-state index in [-0.39, 0.29) is 5.92 Å². The maximum Gasteiger partial charge on any atom is 0.223 e. The third-order valence-electron chi connectivity index (χ3n) is 16.1. The third-order valence-corrected chi connectivity index (χ3v) is 16.1. The molecule has 5 aliphatic rings. The Hall–Kier alpha value is -0.650. The molecule has 1 spiro atoms. The van der Waals surface area contributed by atoms with Gasteiger partial charge in [-0.15, -0.1) is 0 Å². The molecule has 5 aliphatic carbocycles. The second kappa shape index (κ2) is 16.1. The Kier molecular flexibility index (Phi) is 12.9. The molecular weight excluding hydrogens is 578 g/mol. The van der Waals surface area contributed by atoms with E-state index in [0.29, 0.717) is 46.5 Å². The van der Waals surface area contributed by atoms with Gasteiger partial charge in [-0.2, -0.15) is 0 Å². The Labute approximate surface area is 290 Å². The molecule has 5 saturated carbocycles. The Morgan fingerprint density at radius 3 is 2.02 bits per heavy atom. The quantitative estimate of drug-likeness (QED) is 0.105. The number of hydrogen-bond acceptors (Lipinski definition) is 4. The van der Waals surface area contributed by atoms with Crippen molar-refractivity contribution in [3.05, 3.63) is 0 Å². The van der Waals surface area contributed by atoms with Crippen LogP contribution in [0.25, 0.3) is 0 Å². The summed E-state index contributed by atoms with van der Waals surface area (Å²) in [4.78, 5) is 14.0. The first kappa shape index (κ1) is 37.6. The van der Waals surface area contributed by atoms with Gasteiger partial charge in [0, 0.05) is 19.1 Å². The molecule has 5 fully saturated rings. The molecule has 0 aromatic heterocycles. The summed E-state index contributed by atoms with van der Waals surface area (Å²) in [6.07, 6.45) is 23.0. The highest BCUT2D eigenvalue weighted by molar-refractivity contribution is 5.79. The SMILES string of the molecule is CC(C)CCCC(C(=O)NCCCCNCCCNCCCCO)C1CCC2(C)C1CCC1C3(C)CCC4(CC4)C(C)C3CCC12C. The molecule has 0 radical (unpaired) electrons. The van der Waals surface area contributed by atoms with Crippen molar-refractivity contribution in [2.45, 2.75) is 157 Å². The van der Waals surface area contributed by atoms with Crippen LogP contribution in [0.5, 0.6) is 0 Å². The Morgan fingerprint density at radius 1 is 0.702 bits per heavy atom. The van der Waals surface area contributed by atoms with Crippen molar-refractivity contribution in [2.24, 2.45) is 63.1 Å². The van der Waals surface area contributed by atoms with Gasteiger partial charge in [0.1, 0.15) is 0 Å². The molecule has 0 aliphatic heterocycles. The lowest BCUT2D eigenvalue weighted by atomic mass is 9.36. The molecular formula is C42H77N3O2. The smallest absolute Gasteiger partial charge is 0.223 e. The fourth-order valence-electron chi connectivity index (χ4n) is 12.8. The summed E-state index contributed by atoms with van der Waals surface area (Å²) >= 11 is 0. The molecule has 0 aromatic rings. The predicted molar refractivity (Wildman–Crippen MR) is 197 cm³/mol. The van der Waals surface area contributed by atoms with Gasteiger partial charge in [-0.25, -0.2) is 0 Å². The average molecular weight is 656 g/mol. The van der Waals surface area contributed by atoms with E-state index < -0.39 is 0 Å². The summed E-state index contributed by atoms with van der Waals surface area (Å²) < 4.78 is 0. The lowest BCUT2D eigenvalue weighted by Gasteiger charge is -2.69. The molecule has 4 N–H and O–H groups in total. The van der Waals surface area contributed by atoms with Crippen LogP contribution in [0, 0.1) is 63.1 Å². The number of aliphatic hydroxyl groups is 1. The van der Waals surface area contributed by atoms with E-state index in [1.165, 1.54) is 77.0 Å². The van der Waals surface area contributed by atoms with Crippen LogP contribution in [-0.2, 0) is 4.79 Å². The van der Waals surface area contributed by atoms with E-state index in [1.807, 2.05) is 0 Å². The van der Waals surface area contributed by atoms with Crippen molar-refractivity contribution in [1.82, 2.24) is 16.0 Å². The number of rotatable bonds is 19. The molecule has 0 saturated heterocycles. The van der Waals surface area contributed by atoms with E-state index in [1.54, 1.807) is 0 Å². The lowest BCUT2D eigenvalue weighted by Crippen LogP contribution is -2.61. The first-order valence-corrected chi connectivity index (χ1v) is 20.8. The molecule has 0 bridgehead atoms. The Bertz CT molecular complexity index is 996. The summed E-state index contributed by atoms with van der Waals surface area (Å²) in [5.41, 5.74) is 2.05. The van der Waals surface area contributed by atoms with Crippen molar-refractivity contribution >= 4 is 5.91 Å². The highest BCUT2D eigenvalue weighted by atomic mass is 16.3. The van der Waals surface area contributed by atoms with E-state index in [9.17, 15) is 4.79 Å². The number of aliphatic hydroxyl groups excluding tert-OH is 1. The molecule has 5 nitrogen and oxygen atoms in total. The average Bonchev–Trinajstić information content (AvgIpc) is 3.75. The number of hydrogen-bond donors (Lipinski definition) is 4. The normalized spacial score (nSPS) is 37.7. The van der Waals surface area contributed by atoms with Crippen LogP contribution in [0.2, 0.25) is 0 Å². The van der Waals surface area contributed by atoms with Crippen LogP contribution in [0.4, 0.5) is 0 Å². The number of nitrogens with one attached hydrogen (secondary N) is 3. The predicted octanol–water partition coefficient (Wildman–Crippen LogP) is 8.74. The first-order chi connectivity index (χ1) is 22.5. The van der Waals surface area contributed by atoms with Gasteiger partial charge in [0.2, 0.25) is 5.91 Å². The van der Waals surface area contributed by atoms with Crippen LogP contribution in [0.15, 0.2) is 0 Å². The number of carbonyl (C=O) groups is 1. The minimum Gasteiger partial charge on any atom is -0.396 e. The second-order valence-electron chi connectivity index (χ2n) is 18.8. The van der Waals surface area contributed by atoms with Crippen molar-refractivity contribution in [2.75, 3.05) is 39.3 Å². The maximum absolute atomic E-state index is 14.0. The van der Waals surface area contributed by atoms with Crippen LogP contribution >= 0.6 is 0 Å². The van der Waals surface area contributed by atoms with Gasteiger partial charge in [0.15, 0.2) is 0 Å². The number of amides is 1. The zero-order valence-electron chi connectivity index (χ0n) is 31.9. The molecule has 9 atom stereocenters. The number of unbranched alkanes of at least 4 members (excludes halogenated alkanes) is 2. The zero-order chi connectivity index (χ0) is 33.7. The van der Waals surface area contributed by atoms with E-state index in [2.05, 4.69) is 57.5 Å². The minimum absolute atomic E-state index is 0.195. The molecule has 9 unspecified atom stereocenters. The van der Waals surface area contributed by atoms with Crippen molar-refractivity contribution < 1.29 is 9.90 Å². The number of carbonyl (C=O) groups excluding carboxylic acids is 1. The molecule has 1 amide bonds. The fourth-order valence-corrected chi connectivity index (χ4v) is 12.8. The molecule has 47 heavy (non-hydrogen) atoms. The van der Waals surface area contributed by atoms with Gasteiger partial charge in [0.25, 0.3) is 0 Å². The van der Waals surface area contributed by atoms with Crippen LogP contribution in [0.1, 0.15) is 157 Å². The third kappa shape index (κ3) is 7.83. The highest BCUT2D eigenvalue weighted by Gasteiger charge is 2.69. The van der Waals surface area contributed by atoms with Crippen molar-refractivity contribution in [3.63, 3.8) is 0 Å². The topological polar surface area (TPSA) is 73.4 Å². The van der Waals surface area contributed by atoms with Gasteiger partial charge in [0.05, 0.1) is 0 Å². The summed E-state index contributed by atoms with van der Waals surface area (Å²) in [5.74, 6) is 5.28.